The van der Waals surface area contributed by atoms with Crippen molar-refractivity contribution >= 4 is 30.2 Å². The molecule has 1 aliphatic heterocycles. The van der Waals surface area contributed by atoms with Gasteiger partial charge >= 0.3 is 6.18 Å². The van der Waals surface area contributed by atoms with Crippen LogP contribution in [-0.2, 0) is 26.2 Å². The maximum Gasteiger partial charge on any atom is 0.416 e. The molecular weight excluding hydrogens is 557 g/mol. The van der Waals surface area contributed by atoms with Crippen LogP contribution < -0.4 is 16.4 Å². The number of hydrogen-bond acceptors (Lipinski definition) is 5. The molecule has 8 nitrogen and oxygen atoms in total. The van der Waals surface area contributed by atoms with Gasteiger partial charge in [-0.2, -0.15) is 13.2 Å². The van der Waals surface area contributed by atoms with Gasteiger partial charge in [0.25, 0.3) is 11.8 Å². The SMILES string of the molecule is Cl.Cn1c(-c2nc(N)ncc2C#Cc2cccc(C(=O)NCc3cccc(C(F)(F)F)c3)c2)cc2c1CCNC2=O. The summed E-state index contributed by atoms with van der Waals surface area (Å²) in [5.41, 5.74) is 9.33. The summed E-state index contributed by atoms with van der Waals surface area (Å²) in [7, 11) is 1.85. The van der Waals surface area contributed by atoms with Crippen LogP contribution in [0.15, 0.2) is 60.8 Å². The molecule has 0 aliphatic carbocycles. The summed E-state index contributed by atoms with van der Waals surface area (Å²) in [6.45, 7) is 0.481. The fourth-order valence-electron chi connectivity index (χ4n) is 4.46. The lowest BCUT2D eigenvalue weighted by Crippen LogP contribution is -2.31. The van der Waals surface area contributed by atoms with Crippen LogP contribution in [0.2, 0.25) is 0 Å². The first kappa shape index (κ1) is 29.2. The van der Waals surface area contributed by atoms with E-state index in [-0.39, 0.29) is 30.8 Å². The molecule has 41 heavy (non-hydrogen) atoms. The zero-order valence-corrected chi connectivity index (χ0v) is 22.5. The van der Waals surface area contributed by atoms with Gasteiger partial charge < -0.3 is 20.9 Å². The molecule has 0 spiro atoms. The standard InChI is InChI=1S/C29H23F3N6O2.ClH/c1-38-23-10-11-34-27(40)22(23)14-24(38)25-20(16-36-28(33)37-25)9-8-17-4-2-6-19(12-17)26(39)35-15-18-5-3-7-21(13-18)29(30,31)32;/h2-7,12-14,16H,10-11,15H2,1H3,(H,34,40)(H,35,39)(H2,33,36,37);1H. The highest BCUT2D eigenvalue weighted by molar-refractivity contribution is 5.98. The number of rotatable bonds is 4. The molecule has 12 heteroatoms. The first-order valence-electron chi connectivity index (χ1n) is 12.3. The van der Waals surface area contributed by atoms with Crippen LogP contribution in [0.4, 0.5) is 19.1 Å². The molecule has 210 valence electrons. The normalized spacial score (nSPS) is 12.3. The molecular formula is C29H24ClF3N6O2. The number of amides is 2. The van der Waals surface area contributed by atoms with Crippen LogP contribution in [0.1, 0.15) is 48.7 Å². The molecule has 0 bridgehead atoms. The predicted octanol–water partition coefficient (Wildman–Crippen LogP) is 4.12. The van der Waals surface area contributed by atoms with Gasteiger partial charge in [0.15, 0.2) is 0 Å². The number of nitrogens with one attached hydrogen (secondary N) is 2. The second-order valence-corrected chi connectivity index (χ2v) is 9.16. The van der Waals surface area contributed by atoms with Gasteiger partial charge in [-0.15, -0.1) is 12.4 Å². The molecule has 0 atom stereocenters. The van der Waals surface area contributed by atoms with E-state index in [1.807, 2.05) is 11.6 Å². The van der Waals surface area contributed by atoms with Gasteiger partial charge in [0.05, 0.1) is 22.4 Å². The molecule has 5 rings (SSSR count). The van der Waals surface area contributed by atoms with Crippen molar-refractivity contribution in [2.45, 2.75) is 19.1 Å². The predicted molar refractivity (Wildman–Crippen MR) is 149 cm³/mol. The first-order chi connectivity index (χ1) is 19.1. The summed E-state index contributed by atoms with van der Waals surface area (Å²) >= 11 is 0. The average molecular weight is 581 g/mol. The van der Waals surface area contributed by atoms with Crippen molar-refractivity contribution in [1.82, 2.24) is 25.2 Å². The maximum absolute atomic E-state index is 13.0. The molecule has 0 fully saturated rings. The third kappa shape index (κ3) is 6.34. The van der Waals surface area contributed by atoms with Crippen LogP contribution >= 0.6 is 12.4 Å². The summed E-state index contributed by atoms with van der Waals surface area (Å²) in [6.07, 6.45) is -2.28. The summed E-state index contributed by atoms with van der Waals surface area (Å²) < 4.78 is 40.8. The maximum atomic E-state index is 13.0. The second kappa shape index (κ2) is 11.7. The largest absolute Gasteiger partial charge is 0.416 e. The lowest BCUT2D eigenvalue weighted by atomic mass is 10.1. The number of fused-ring (bicyclic) bond motifs is 1. The van der Waals surface area contributed by atoms with E-state index in [9.17, 15) is 22.8 Å². The smallest absolute Gasteiger partial charge is 0.368 e. The van der Waals surface area contributed by atoms with Crippen molar-refractivity contribution in [3.63, 3.8) is 0 Å². The molecule has 2 aromatic carbocycles. The Balaban J connectivity index is 0.00000387. The van der Waals surface area contributed by atoms with Gasteiger partial charge in [0.2, 0.25) is 5.95 Å². The van der Waals surface area contributed by atoms with E-state index in [0.717, 1.165) is 17.8 Å². The van der Waals surface area contributed by atoms with Crippen molar-refractivity contribution in [1.29, 1.82) is 0 Å². The Labute approximate surface area is 239 Å². The summed E-state index contributed by atoms with van der Waals surface area (Å²) in [5.74, 6) is 5.50. The van der Waals surface area contributed by atoms with Gasteiger partial charge in [-0.05, 0) is 42.0 Å². The Bertz CT molecular complexity index is 1700. The quantitative estimate of drug-likeness (QED) is 0.314. The number of nitrogen functional groups attached to an aromatic ring is 1. The molecule has 2 amide bonds. The Kier molecular flexibility index (Phi) is 8.35. The molecule has 4 N–H and O–H groups in total. The van der Waals surface area contributed by atoms with E-state index < -0.39 is 17.6 Å². The molecule has 0 unspecified atom stereocenters. The molecule has 0 saturated heterocycles. The van der Waals surface area contributed by atoms with Gasteiger partial charge in [-0.1, -0.05) is 30.0 Å². The molecule has 0 saturated carbocycles. The topological polar surface area (TPSA) is 115 Å². The summed E-state index contributed by atoms with van der Waals surface area (Å²) in [5, 5.41) is 5.47. The van der Waals surface area contributed by atoms with Crippen molar-refractivity contribution in [2.75, 3.05) is 12.3 Å². The number of carbonyl (C=O) groups excluding carboxylic acids is 2. The molecule has 4 aromatic rings. The van der Waals surface area contributed by atoms with Gasteiger partial charge in [0.1, 0.15) is 5.69 Å². The molecule has 0 radical (unpaired) electrons. The summed E-state index contributed by atoms with van der Waals surface area (Å²) in [6, 6.07) is 13.1. The van der Waals surface area contributed by atoms with Gasteiger partial charge in [0, 0.05) is 49.6 Å². The van der Waals surface area contributed by atoms with Crippen molar-refractivity contribution < 1.29 is 22.8 Å². The van der Waals surface area contributed by atoms with Crippen molar-refractivity contribution in [3.8, 4) is 23.2 Å². The van der Waals surface area contributed by atoms with Crippen LogP contribution in [0.3, 0.4) is 0 Å². The van der Waals surface area contributed by atoms with E-state index in [1.165, 1.54) is 18.3 Å². The minimum atomic E-state index is -4.46. The van der Waals surface area contributed by atoms with E-state index in [0.29, 0.717) is 52.2 Å². The van der Waals surface area contributed by atoms with Crippen LogP contribution in [0.5, 0.6) is 0 Å². The summed E-state index contributed by atoms with van der Waals surface area (Å²) in [4.78, 5) is 33.5. The van der Waals surface area contributed by atoms with Crippen LogP contribution in [0, 0.1) is 11.8 Å². The van der Waals surface area contributed by atoms with E-state index in [1.54, 1.807) is 30.3 Å². The van der Waals surface area contributed by atoms with Crippen molar-refractivity contribution in [2.24, 2.45) is 7.05 Å². The monoisotopic (exact) mass is 580 g/mol. The van der Waals surface area contributed by atoms with E-state index in [4.69, 9.17) is 5.73 Å². The fourth-order valence-corrected chi connectivity index (χ4v) is 4.46. The highest BCUT2D eigenvalue weighted by Crippen LogP contribution is 2.30. The Morgan fingerprint density at radius 3 is 2.68 bits per heavy atom. The number of anilines is 1. The number of hydrogen-bond donors (Lipinski definition) is 3. The fraction of sp³-hybridized carbons (Fsp3) is 0.172. The number of nitrogens with two attached hydrogens (primary N) is 1. The highest BCUT2D eigenvalue weighted by atomic mass is 35.5. The lowest BCUT2D eigenvalue weighted by molar-refractivity contribution is -0.137. The Morgan fingerprint density at radius 1 is 1.15 bits per heavy atom. The lowest BCUT2D eigenvalue weighted by Gasteiger charge is -2.14. The first-order valence-corrected chi connectivity index (χ1v) is 12.3. The average Bonchev–Trinajstić information content (AvgIpc) is 3.28. The zero-order chi connectivity index (χ0) is 28.4. The van der Waals surface area contributed by atoms with E-state index in [2.05, 4.69) is 32.4 Å². The van der Waals surface area contributed by atoms with Crippen LogP contribution in [-0.4, -0.2) is 32.9 Å². The minimum Gasteiger partial charge on any atom is -0.368 e. The highest BCUT2D eigenvalue weighted by Gasteiger charge is 2.30. The molecule has 3 heterocycles. The van der Waals surface area contributed by atoms with Crippen molar-refractivity contribution in [3.05, 3.63) is 99.9 Å². The number of carbonyl (C=O) groups is 2. The Hall–Kier alpha value is -4.82. The van der Waals surface area contributed by atoms with Crippen LogP contribution in [0.25, 0.3) is 11.4 Å². The number of benzene rings is 2. The zero-order valence-electron chi connectivity index (χ0n) is 21.7. The van der Waals surface area contributed by atoms with Gasteiger partial charge in [-0.3, -0.25) is 9.59 Å². The molecule has 2 aromatic heterocycles. The third-order valence-electron chi connectivity index (χ3n) is 6.47. The Morgan fingerprint density at radius 2 is 1.93 bits per heavy atom. The number of nitrogens with zero attached hydrogens (tertiary/aromatic N) is 3. The molecule has 1 aliphatic rings. The number of halogens is 4. The third-order valence-corrected chi connectivity index (χ3v) is 6.47. The minimum absolute atomic E-state index is 0. The van der Waals surface area contributed by atoms with Gasteiger partial charge in [-0.25, -0.2) is 9.97 Å². The second-order valence-electron chi connectivity index (χ2n) is 9.16. The number of alkyl halides is 3. The van der Waals surface area contributed by atoms with E-state index >= 15 is 0 Å². The number of aromatic nitrogens is 3.